The van der Waals surface area contributed by atoms with E-state index in [1.807, 2.05) is 19.1 Å². The van der Waals surface area contributed by atoms with Gasteiger partial charge in [0.1, 0.15) is 0 Å². The van der Waals surface area contributed by atoms with Crippen LogP contribution in [0, 0.1) is 5.92 Å². The Balaban J connectivity index is 2.16. The number of hydrogen-bond donors (Lipinski definition) is 0. The summed E-state index contributed by atoms with van der Waals surface area (Å²) in [4.78, 5) is 2.65. The Labute approximate surface area is 116 Å². The smallest absolute Gasteiger partial charge is 0.243 e. The highest BCUT2D eigenvalue weighted by Gasteiger charge is 2.30. The van der Waals surface area contributed by atoms with Crippen molar-refractivity contribution in [3.63, 3.8) is 0 Å². The molecular weight excluding hydrogens is 260 g/mol. The van der Waals surface area contributed by atoms with Gasteiger partial charge in [0.25, 0.3) is 0 Å². The minimum Gasteiger partial charge on any atom is -0.306 e. The van der Waals surface area contributed by atoms with Crippen LogP contribution in [0.25, 0.3) is 0 Å². The first-order valence-corrected chi connectivity index (χ1v) is 8.12. The van der Waals surface area contributed by atoms with Gasteiger partial charge in [-0.1, -0.05) is 25.1 Å². The molecule has 0 saturated carbocycles. The van der Waals surface area contributed by atoms with Crippen molar-refractivity contribution < 1.29 is 8.42 Å². The van der Waals surface area contributed by atoms with Gasteiger partial charge in [-0.25, -0.2) is 12.7 Å². The van der Waals surface area contributed by atoms with Crippen LogP contribution in [-0.2, 0) is 16.4 Å². The molecule has 0 amide bonds. The fraction of sp³-hybridized carbons (Fsp3) is 0.571. The number of sulfonamides is 1. The maximum atomic E-state index is 12.6. The van der Waals surface area contributed by atoms with Crippen molar-refractivity contribution in [2.45, 2.75) is 18.2 Å². The Morgan fingerprint density at radius 1 is 1.32 bits per heavy atom. The molecule has 1 aliphatic heterocycles. The molecule has 1 aromatic rings. The highest BCUT2D eigenvalue weighted by Crippen LogP contribution is 2.22. The number of nitrogens with zero attached hydrogens (tertiary/aromatic N) is 2. The Morgan fingerprint density at radius 2 is 1.95 bits per heavy atom. The molecule has 2 rings (SSSR count). The molecule has 19 heavy (non-hydrogen) atoms. The number of hydrogen-bond acceptors (Lipinski definition) is 3. The van der Waals surface area contributed by atoms with Gasteiger partial charge in [-0.3, -0.25) is 0 Å². The van der Waals surface area contributed by atoms with Gasteiger partial charge in [-0.2, -0.15) is 0 Å². The van der Waals surface area contributed by atoms with Crippen molar-refractivity contribution in [3.8, 4) is 0 Å². The average molecular weight is 282 g/mol. The zero-order chi connectivity index (χ0) is 14.0. The third-order valence-corrected chi connectivity index (χ3v) is 5.62. The standard InChI is InChI=1S/C14H22N2O2S/c1-4-13-7-5-6-8-14(13)19(17,18)16(3)11-12-9-15(2)10-12/h5-8,12H,4,9-11H2,1-3H3. The van der Waals surface area contributed by atoms with Crippen LogP contribution >= 0.6 is 0 Å². The van der Waals surface area contributed by atoms with Gasteiger partial charge in [-0.15, -0.1) is 0 Å². The molecule has 1 fully saturated rings. The highest BCUT2D eigenvalue weighted by atomic mass is 32.2. The van der Waals surface area contributed by atoms with E-state index >= 15 is 0 Å². The molecule has 0 N–H and O–H groups in total. The average Bonchev–Trinajstić information content (AvgIpc) is 2.36. The molecule has 1 aliphatic rings. The van der Waals surface area contributed by atoms with Gasteiger partial charge in [0.05, 0.1) is 4.90 Å². The summed E-state index contributed by atoms with van der Waals surface area (Å²) in [7, 11) is 0.378. The summed E-state index contributed by atoms with van der Waals surface area (Å²) < 4.78 is 26.7. The monoisotopic (exact) mass is 282 g/mol. The van der Waals surface area contributed by atoms with Crippen LogP contribution in [0.4, 0.5) is 0 Å². The van der Waals surface area contributed by atoms with E-state index < -0.39 is 10.0 Å². The van der Waals surface area contributed by atoms with Crippen molar-refractivity contribution >= 4 is 10.0 Å². The van der Waals surface area contributed by atoms with Crippen LogP contribution < -0.4 is 0 Å². The minimum absolute atomic E-state index is 0.452. The first-order valence-electron chi connectivity index (χ1n) is 6.68. The highest BCUT2D eigenvalue weighted by molar-refractivity contribution is 7.89. The molecule has 0 bridgehead atoms. The van der Waals surface area contributed by atoms with Gasteiger partial charge in [0.15, 0.2) is 0 Å². The quantitative estimate of drug-likeness (QED) is 0.820. The molecular formula is C14H22N2O2S. The van der Waals surface area contributed by atoms with Crippen molar-refractivity contribution in [2.75, 3.05) is 33.7 Å². The number of benzene rings is 1. The Bertz CT molecular complexity index is 536. The summed E-state index contributed by atoms with van der Waals surface area (Å²) in [6.45, 7) is 4.55. The lowest BCUT2D eigenvalue weighted by atomic mass is 10.0. The van der Waals surface area contributed by atoms with Crippen LogP contribution in [-0.4, -0.2) is 51.4 Å². The molecule has 0 atom stereocenters. The minimum atomic E-state index is -3.36. The predicted octanol–water partition coefficient (Wildman–Crippen LogP) is 1.43. The van der Waals surface area contributed by atoms with E-state index in [0.717, 1.165) is 25.1 Å². The van der Waals surface area contributed by atoms with E-state index in [2.05, 4.69) is 11.9 Å². The summed E-state index contributed by atoms with van der Waals surface area (Å²) in [5, 5.41) is 0. The van der Waals surface area contributed by atoms with Crippen LogP contribution in [0.3, 0.4) is 0 Å². The topological polar surface area (TPSA) is 40.6 Å². The number of likely N-dealkylation sites (tertiary alicyclic amines) is 1. The zero-order valence-electron chi connectivity index (χ0n) is 11.8. The SMILES string of the molecule is CCc1ccccc1S(=O)(=O)N(C)CC1CN(C)C1. The largest absolute Gasteiger partial charge is 0.306 e. The lowest BCUT2D eigenvalue weighted by Gasteiger charge is -2.38. The van der Waals surface area contributed by atoms with Crippen molar-refractivity contribution in [3.05, 3.63) is 29.8 Å². The third-order valence-electron chi connectivity index (χ3n) is 3.70. The normalized spacial score (nSPS) is 17.7. The van der Waals surface area contributed by atoms with Crippen molar-refractivity contribution in [2.24, 2.45) is 5.92 Å². The van der Waals surface area contributed by atoms with Gasteiger partial charge in [0, 0.05) is 26.7 Å². The fourth-order valence-corrected chi connectivity index (χ4v) is 4.16. The Kier molecular flexibility index (Phi) is 4.28. The maximum Gasteiger partial charge on any atom is 0.243 e. The molecule has 0 aromatic heterocycles. The van der Waals surface area contributed by atoms with Crippen LogP contribution in [0.1, 0.15) is 12.5 Å². The second kappa shape index (κ2) is 5.61. The number of aryl methyl sites for hydroxylation is 1. The summed E-state index contributed by atoms with van der Waals surface area (Å²) in [6, 6.07) is 7.27. The summed E-state index contributed by atoms with van der Waals surface area (Å²) in [5.41, 5.74) is 0.889. The molecule has 106 valence electrons. The van der Waals surface area contributed by atoms with E-state index in [1.54, 1.807) is 19.2 Å². The fourth-order valence-electron chi connectivity index (χ4n) is 2.62. The van der Waals surface area contributed by atoms with Gasteiger partial charge < -0.3 is 4.90 Å². The lowest BCUT2D eigenvalue weighted by molar-refractivity contribution is 0.119. The predicted molar refractivity (Wildman–Crippen MR) is 76.6 cm³/mol. The Morgan fingerprint density at radius 3 is 2.53 bits per heavy atom. The van der Waals surface area contributed by atoms with Gasteiger partial charge in [-0.05, 0) is 31.0 Å². The Hall–Kier alpha value is -0.910. The number of rotatable bonds is 5. The molecule has 0 unspecified atom stereocenters. The van der Waals surface area contributed by atoms with Crippen LogP contribution in [0.2, 0.25) is 0 Å². The molecule has 5 heteroatoms. The van der Waals surface area contributed by atoms with Crippen molar-refractivity contribution in [1.29, 1.82) is 0 Å². The van der Waals surface area contributed by atoms with Gasteiger partial charge >= 0.3 is 0 Å². The first-order chi connectivity index (χ1) is 8.95. The van der Waals surface area contributed by atoms with E-state index in [0.29, 0.717) is 17.4 Å². The molecule has 1 saturated heterocycles. The third kappa shape index (κ3) is 2.99. The summed E-state index contributed by atoms with van der Waals surface area (Å²) in [5.74, 6) is 0.457. The first kappa shape index (κ1) is 14.5. The molecule has 1 aromatic carbocycles. The summed E-state index contributed by atoms with van der Waals surface area (Å²) >= 11 is 0. The zero-order valence-corrected chi connectivity index (χ0v) is 12.7. The van der Waals surface area contributed by atoms with E-state index in [-0.39, 0.29) is 0 Å². The van der Waals surface area contributed by atoms with Gasteiger partial charge in [0.2, 0.25) is 10.0 Å². The van der Waals surface area contributed by atoms with E-state index in [1.165, 1.54) is 4.31 Å². The summed E-state index contributed by atoms with van der Waals surface area (Å²) in [6.07, 6.45) is 0.732. The maximum absolute atomic E-state index is 12.6. The van der Waals surface area contributed by atoms with E-state index in [9.17, 15) is 8.42 Å². The molecule has 4 nitrogen and oxygen atoms in total. The second-order valence-electron chi connectivity index (χ2n) is 5.33. The molecule has 0 aliphatic carbocycles. The lowest BCUT2D eigenvalue weighted by Crippen LogP contribution is -2.49. The second-order valence-corrected chi connectivity index (χ2v) is 7.35. The van der Waals surface area contributed by atoms with E-state index in [4.69, 9.17) is 0 Å². The molecule has 0 radical (unpaired) electrons. The van der Waals surface area contributed by atoms with Crippen LogP contribution in [0.15, 0.2) is 29.2 Å². The molecule has 1 heterocycles. The van der Waals surface area contributed by atoms with Crippen molar-refractivity contribution in [1.82, 2.24) is 9.21 Å². The molecule has 0 spiro atoms. The van der Waals surface area contributed by atoms with Crippen LogP contribution in [0.5, 0.6) is 0 Å².